The minimum atomic E-state index is -0.193. The number of hydrogen-bond donors (Lipinski definition) is 1. The third-order valence-electron chi connectivity index (χ3n) is 6.69. The van der Waals surface area contributed by atoms with Crippen molar-refractivity contribution in [2.45, 2.75) is 19.3 Å². The van der Waals surface area contributed by atoms with Gasteiger partial charge in [0.05, 0.1) is 17.4 Å². The van der Waals surface area contributed by atoms with E-state index in [1.54, 1.807) is 27.5 Å². The van der Waals surface area contributed by atoms with Crippen LogP contribution in [0.15, 0.2) is 60.8 Å². The molecule has 2 atom stereocenters. The molecule has 0 spiro atoms. The van der Waals surface area contributed by atoms with Crippen LogP contribution in [0.3, 0.4) is 0 Å². The first kappa shape index (κ1) is 21.3. The predicted octanol–water partition coefficient (Wildman–Crippen LogP) is 3.62. The molecule has 1 aliphatic carbocycles. The highest BCUT2D eigenvalue weighted by atomic mass is 16.1. The zero-order chi connectivity index (χ0) is 24.1. The minimum Gasteiger partial charge on any atom is -0.350 e. The lowest BCUT2D eigenvalue weighted by Gasteiger charge is -2.20. The SMILES string of the molecule is Cc1cc(N(C)c2cc(C(=O)NCC3CC3c3ccc4ccccc4n3)nc3ccnn23)n(C)n1. The molecule has 5 aromatic rings. The van der Waals surface area contributed by atoms with Gasteiger partial charge >= 0.3 is 0 Å². The zero-order valence-electron chi connectivity index (χ0n) is 19.9. The number of hydrogen-bond acceptors (Lipinski definition) is 6. The highest BCUT2D eigenvalue weighted by molar-refractivity contribution is 5.93. The van der Waals surface area contributed by atoms with Gasteiger partial charge in [-0.3, -0.25) is 14.5 Å². The lowest BCUT2D eigenvalue weighted by Crippen LogP contribution is -2.28. The summed E-state index contributed by atoms with van der Waals surface area (Å²) in [6, 6.07) is 17.9. The molecule has 1 fully saturated rings. The minimum absolute atomic E-state index is 0.193. The van der Waals surface area contributed by atoms with Crippen molar-refractivity contribution >= 4 is 34.1 Å². The van der Waals surface area contributed by atoms with Gasteiger partial charge in [0.15, 0.2) is 5.65 Å². The smallest absolute Gasteiger partial charge is 0.270 e. The molecule has 0 radical (unpaired) electrons. The molecule has 4 aromatic heterocycles. The van der Waals surface area contributed by atoms with Crippen LogP contribution in [0.5, 0.6) is 0 Å². The number of carbonyl (C=O) groups excluding carboxylic acids is 1. The highest BCUT2D eigenvalue weighted by Gasteiger charge is 2.39. The Kier molecular flexibility index (Phi) is 4.98. The summed E-state index contributed by atoms with van der Waals surface area (Å²) >= 11 is 0. The van der Waals surface area contributed by atoms with Gasteiger partial charge in [0.2, 0.25) is 0 Å². The van der Waals surface area contributed by atoms with Crippen molar-refractivity contribution in [1.82, 2.24) is 34.7 Å². The Morgan fingerprint density at radius 3 is 2.80 bits per heavy atom. The number of aromatic nitrogens is 6. The first-order chi connectivity index (χ1) is 17.0. The number of anilines is 2. The summed E-state index contributed by atoms with van der Waals surface area (Å²) in [5.74, 6) is 2.19. The van der Waals surface area contributed by atoms with Gasteiger partial charge in [-0.2, -0.15) is 14.7 Å². The topological polar surface area (TPSA) is 93.2 Å². The standard InChI is InChI=1S/C26H26N8O/c1-16-12-24(33(3)31-16)32(2)25-14-22(30-23-10-11-28-34(23)25)26(35)27-15-18-13-19(18)21-9-8-17-6-4-5-7-20(17)29-21/h4-12,14,18-19H,13,15H2,1-3H3,(H,27,35). The van der Waals surface area contributed by atoms with Crippen LogP contribution in [-0.2, 0) is 7.05 Å². The molecule has 1 aliphatic rings. The number of rotatable bonds is 6. The summed E-state index contributed by atoms with van der Waals surface area (Å²) in [5.41, 5.74) is 4.00. The molecule has 2 unspecified atom stereocenters. The second-order valence-electron chi connectivity index (χ2n) is 9.17. The van der Waals surface area contributed by atoms with E-state index >= 15 is 0 Å². The first-order valence-corrected chi connectivity index (χ1v) is 11.7. The van der Waals surface area contributed by atoms with E-state index in [9.17, 15) is 4.79 Å². The van der Waals surface area contributed by atoms with Gasteiger partial charge in [-0.1, -0.05) is 24.3 Å². The fraction of sp³-hybridized carbons (Fsp3) is 0.269. The number of para-hydroxylation sites is 1. The van der Waals surface area contributed by atoms with E-state index < -0.39 is 0 Å². The van der Waals surface area contributed by atoms with Crippen molar-refractivity contribution in [2.75, 3.05) is 18.5 Å². The molecule has 1 amide bonds. The molecular formula is C26H26N8O. The summed E-state index contributed by atoms with van der Waals surface area (Å²) < 4.78 is 3.53. The molecule has 0 bridgehead atoms. The maximum Gasteiger partial charge on any atom is 0.270 e. The number of pyridine rings is 1. The van der Waals surface area contributed by atoms with Crippen LogP contribution in [-0.4, -0.2) is 48.9 Å². The lowest BCUT2D eigenvalue weighted by molar-refractivity contribution is 0.0946. The molecule has 0 saturated heterocycles. The van der Waals surface area contributed by atoms with E-state index in [2.05, 4.69) is 38.7 Å². The third kappa shape index (κ3) is 3.88. The Hall–Kier alpha value is -4.27. The molecule has 0 aliphatic heterocycles. The van der Waals surface area contributed by atoms with Crippen molar-refractivity contribution in [2.24, 2.45) is 13.0 Å². The van der Waals surface area contributed by atoms with Gasteiger partial charge < -0.3 is 10.2 Å². The van der Waals surface area contributed by atoms with Crippen LogP contribution in [0, 0.1) is 12.8 Å². The van der Waals surface area contributed by atoms with Gasteiger partial charge in [-0.05, 0) is 31.4 Å². The van der Waals surface area contributed by atoms with Crippen LogP contribution in [0.25, 0.3) is 16.6 Å². The van der Waals surface area contributed by atoms with Crippen molar-refractivity contribution in [3.05, 3.63) is 77.9 Å². The van der Waals surface area contributed by atoms with Crippen LogP contribution in [0.4, 0.5) is 11.6 Å². The molecule has 35 heavy (non-hydrogen) atoms. The van der Waals surface area contributed by atoms with Crippen molar-refractivity contribution in [1.29, 1.82) is 0 Å². The summed E-state index contributed by atoms with van der Waals surface area (Å²) in [5, 5.41) is 13.1. The van der Waals surface area contributed by atoms with Crippen molar-refractivity contribution in [3.63, 3.8) is 0 Å². The summed E-state index contributed by atoms with van der Waals surface area (Å²) in [7, 11) is 3.82. The predicted molar refractivity (Wildman–Crippen MR) is 134 cm³/mol. The first-order valence-electron chi connectivity index (χ1n) is 11.7. The Morgan fingerprint density at radius 2 is 1.97 bits per heavy atom. The van der Waals surface area contributed by atoms with Gasteiger partial charge in [-0.25, -0.2) is 4.98 Å². The molecule has 9 nitrogen and oxygen atoms in total. The fourth-order valence-electron chi connectivity index (χ4n) is 4.72. The number of amides is 1. The molecule has 4 heterocycles. The van der Waals surface area contributed by atoms with E-state index in [0.717, 1.165) is 40.3 Å². The number of carbonyl (C=O) groups is 1. The van der Waals surface area contributed by atoms with Crippen LogP contribution < -0.4 is 10.2 Å². The summed E-state index contributed by atoms with van der Waals surface area (Å²) in [4.78, 5) is 24.4. The molecule has 176 valence electrons. The van der Waals surface area contributed by atoms with Crippen LogP contribution in [0.1, 0.15) is 34.2 Å². The summed E-state index contributed by atoms with van der Waals surface area (Å²) in [6.07, 6.45) is 2.70. The highest BCUT2D eigenvalue weighted by Crippen LogP contribution is 2.46. The maximum absolute atomic E-state index is 13.1. The largest absolute Gasteiger partial charge is 0.350 e. The fourth-order valence-corrected chi connectivity index (χ4v) is 4.72. The molecule has 1 N–H and O–H groups in total. The van der Waals surface area contributed by atoms with Crippen molar-refractivity contribution < 1.29 is 4.79 Å². The quantitative estimate of drug-likeness (QED) is 0.411. The third-order valence-corrected chi connectivity index (χ3v) is 6.69. The Balaban J connectivity index is 1.19. The normalized spacial score (nSPS) is 17.1. The van der Waals surface area contributed by atoms with E-state index in [-0.39, 0.29) is 5.91 Å². The van der Waals surface area contributed by atoms with Crippen LogP contribution in [0.2, 0.25) is 0 Å². The van der Waals surface area contributed by atoms with E-state index in [0.29, 0.717) is 29.7 Å². The zero-order valence-corrected chi connectivity index (χ0v) is 19.9. The second kappa shape index (κ2) is 8.19. The van der Waals surface area contributed by atoms with Crippen molar-refractivity contribution in [3.8, 4) is 0 Å². The van der Waals surface area contributed by atoms with Crippen LogP contribution >= 0.6 is 0 Å². The number of aryl methyl sites for hydroxylation is 2. The summed E-state index contributed by atoms with van der Waals surface area (Å²) in [6.45, 7) is 2.54. The lowest BCUT2D eigenvalue weighted by atomic mass is 10.1. The molecular weight excluding hydrogens is 440 g/mol. The molecule has 1 saturated carbocycles. The molecule has 9 heteroatoms. The number of fused-ring (bicyclic) bond motifs is 2. The van der Waals surface area contributed by atoms with E-state index in [1.807, 2.05) is 50.2 Å². The molecule has 1 aromatic carbocycles. The van der Waals surface area contributed by atoms with E-state index in [1.165, 1.54) is 0 Å². The Labute approximate surface area is 202 Å². The van der Waals surface area contributed by atoms with Gasteiger partial charge in [0.1, 0.15) is 17.3 Å². The number of nitrogens with zero attached hydrogens (tertiary/aromatic N) is 7. The van der Waals surface area contributed by atoms with E-state index in [4.69, 9.17) is 4.98 Å². The average Bonchev–Trinajstić information content (AvgIpc) is 3.34. The number of benzene rings is 1. The molecule has 6 rings (SSSR count). The Morgan fingerprint density at radius 1 is 1.11 bits per heavy atom. The average molecular weight is 467 g/mol. The van der Waals surface area contributed by atoms with Gasteiger partial charge in [-0.15, -0.1) is 0 Å². The maximum atomic E-state index is 13.1. The van der Waals surface area contributed by atoms with Gasteiger partial charge in [0.25, 0.3) is 5.91 Å². The monoisotopic (exact) mass is 466 g/mol. The van der Waals surface area contributed by atoms with Gasteiger partial charge in [0, 0.05) is 55.8 Å². The number of nitrogens with one attached hydrogen (secondary N) is 1. The Bertz CT molecular complexity index is 1570. The second-order valence-corrected chi connectivity index (χ2v) is 9.17.